The van der Waals surface area contributed by atoms with E-state index >= 15 is 0 Å². The number of ketones is 1. The van der Waals surface area contributed by atoms with Crippen molar-refractivity contribution in [3.8, 4) is 0 Å². The molecule has 0 aliphatic heterocycles. The summed E-state index contributed by atoms with van der Waals surface area (Å²) in [6.45, 7) is 9.61. The minimum absolute atomic E-state index is 0.105. The van der Waals surface area contributed by atoms with Crippen LogP contribution in [0.5, 0.6) is 0 Å². The highest BCUT2D eigenvalue weighted by molar-refractivity contribution is 5.86. The van der Waals surface area contributed by atoms with Crippen LogP contribution in [0, 0.1) is 11.8 Å². The number of Topliss-reactive ketones (excluding diaryl/α,β-unsaturated/α-hetero) is 1. The van der Waals surface area contributed by atoms with E-state index in [0.717, 1.165) is 32.2 Å². The van der Waals surface area contributed by atoms with E-state index in [1.54, 1.807) is 0 Å². The van der Waals surface area contributed by atoms with E-state index < -0.39 is 0 Å². The normalized spacial score (nSPS) is 12.2. The third-order valence-electron chi connectivity index (χ3n) is 7.99. The third-order valence-corrected chi connectivity index (χ3v) is 7.99. The molecule has 1 atom stereocenters. The van der Waals surface area contributed by atoms with Crippen LogP contribution >= 0.6 is 0 Å². The quantitative estimate of drug-likeness (QED) is 0.0929. The molecule has 0 fully saturated rings. The van der Waals surface area contributed by atoms with Crippen molar-refractivity contribution < 1.29 is 9.59 Å². The molecule has 0 aromatic carbocycles. The summed E-state index contributed by atoms with van der Waals surface area (Å²) in [6.07, 6.45) is 32.1. The molecule has 0 aromatic rings. The number of amides is 1. The van der Waals surface area contributed by atoms with Crippen LogP contribution in [0.3, 0.4) is 0 Å². The second kappa shape index (κ2) is 29.1. The molecular weight excluding hydrogens is 466 g/mol. The molecule has 0 saturated carbocycles. The number of nitrogens with one attached hydrogen (secondary N) is 1. The van der Waals surface area contributed by atoms with E-state index in [1.165, 1.54) is 128 Å². The molecule has 0 aromatic heterocycles. The fraction of sp³-hybridized carbons (Fsp3) is 0.943. The van der Waals surface area contributed by atoms with Crippen molar-refractivity contribution in [3.63, 3.8) is 0 Å². The molecule has 3 nitrogen and oxygen atoms in total. The lowest BCUT2D eigenvalue weighted by Gasteiger charge is -2.18. The second-order valence-corrected chi connectivity index (χ2v) is 12.5. The van der Waals surface area contributed by atoms with Crippen LogP contribution in [0.4, 0.5) is 0 Å². The summed E-state index contributed by atoms with van der Waals surface area (Å²) in [5, 5.41) is 3.14. The zero-order valence-electron chi connectivity index (χ0n) is 26.6. The summed E-state index contributed by atoms with van der Waals surface area (Å²) in [7, 11) is 0. The predicted octanol–water partition coefficient (Wildman–Crippen LogP) is 11.1. The van der Waals surface area contributed by atoms with Gasteiger partial charge in [-0.25, -0.2) is 0 Å². The predicted molar refractivity (Wildman–Crippen MR) is 168 cm³/mol. The Morgan fingerprint density at radius 1 is 0.526 bits per heavy atom. The van der Waals surface area contributed by atoms with Gasteiger partial charge in [0.1, 0.15) is 5.78 Å². The molecule has 0 saturated heterocycles. The number of carbonyl (C=O) groups is 2. The summed E-state index contributed by atoms with van der Waals surface area (Å²) in [5.74, 6) is 0.681. The highest BCUT2D eigenvalue weighted by Crippen LogP contribution is 2.19. The Hall–Kier alpha value is -0.860. The van der Waals surface area contributed by atoms with E-state index in [-0.39, 0.29) is 17.6 Å². The fourth-order valence-corrected chi connectivity index (χ4v) is 5.54. The molecule has 0 unspecified atom stereocenters. The van der Waals surface area contributed by atoms with Gasteiger partial charge in [-0.3, -0.25) is 9.59 Å². The van der Waals surface area contributed by atoms with Crippen LogP contribution in [-0.4, -0.2) is 18.2 Å². The van der Waals surface area contributed by atoms with Crippen molar-refractivity contribution >= 4 is 11.7 Å². The number of unbranched alkanes of at least 4 members (excludes halogenated alkanes) is 21. The fourth-order valence-electron chi connectivity index (χ4n) is 5.54. The van der Waals surface area contributed by atoms with Gasteiger partial charge in [0.05, 0.1) is 0 Å². The molecule has 0 rings (SSSR count). The van der Waals surface area contributed by atoms with Crippen LogP contribution in [0.15, 0.2) is 0 Å². The highest BCUT2D eigenvalue weighted by atomic mass is 16.2. The van der Waals surface area contributed by atoms with Crippen molar-refractivity contribution in [2.24, 2.45) is 11.8 Å². The number of hydrogen-bond acceptors (Lipinski definition) is 2. The van der Waals surface area contributed by atoms with Crippen molar-refractivity contribution in [2.45, 2.75) is 195 Å². The molecule has 226 valence electrons. The van der Waals surface area contributed by atoms with Crippen molar-refractivity contribution in [3.05, 3.63) is 0 Å². The largest absolute Gasteiger partial charge is 0.356 e. The Morgan fingerprint density at radius 3 is 1.29 bits per heavy atom. The van der Waals surface area contributed by atoms with Gasteiger partial charge in [0.25, 0.3) is 0 Å². The van der Waals surface area contributed by atoms with E-state index in [2.05, 4.69) is 33.0 Å². The topological polar surface area (TPSA) is 46.2 Å². The van der Waals surface area contributed by atoms with E-state index in [0.29, 0.717) is 18.8 Å². The SMILES string of the molecule is CCCCCCCCCCCCCCCC(=O)C[C@@H](CC(C)C)C(=O)NCCCCCCCCCCCC. The number of hydrogen-bond donors (Lipinski definition) is 1. The summed E-state index contributed by atoms with van der Waals surface area (Å²) >= 11 is 0. The Morgan fingerprint density at radius 2 is 0.895 bits per heavy atom. The van der Waals surface area contributed by atoms with Crippen LogP contribution < -0.4 is 5.32 Å². The first-order chi connectivity index (χ1) is 18.5. The van der Waals surface area contributed by atoms with Gasteiger partial charge in [-0.1, -0.05) is 163 Å². The molecule has 1 amide bonds. The second-order valence-electron chi connectivity index (χ2n) is 12.5. The Labute approximate surface area is 239 Å². The van der Waals surface area contributed by atoms with Crippen molar-refractivity contribution in [1.82, 2.24) is 5.32 Å². The maximum absolute atomic E-state index is 12.8. The van der Waals surface area contributed by atoms with Crippen molar-refractivity contribution in [2.75, 3.05) is 6.54 Å². The number of carbonyl (C=O) groups excluding carboxylic acids is 2. The molecule has 0 spiro atoms. The van der Waals surface area contributed by atoms with Gasteiger partial charge in [0.2, 0.25) is 5.91 Å². The van der Waals surface area contributed by atoms with Crippen LogP contribution in [0.25, 0.3) is 0 Å². The standard InChI is InChI=1S/C35H69NO2/c1-5-7-9-11-13-15-17-18-19-20-22-24-26-28-34(37)31-33(30-32(3)4)35(38)36-29-27-25-23-21-16-14-12-10-8-6-2/h32-33H,5-31H2,1-4H3,(H,36,38)/t33-/m1/s1. The molecular formula is C35H69NO2. The summed E-state index contributed by atoms with van der Waals surface area (Å²) in [4.78, 5) is 25.4. The Bertz CT molecular complexity index is 516. The van der Waals surface area contributed by atoms with Crippen LogP contribution in [-0.2, 0) is 9.59 Å². The summed E-state index contributed by atoms with van der Waals surface area (Å²) < 4.78 is 0. The third kappa shape index (κ3) is 26.7. The first-order valence-corrected chi connectivity index (χ1v) is 17.3. The molecule has 1 N–H and O–H groups in total. The molecule has 3 heteroatoms. The highest BCUT2D eigenvalue weighted by Gasteiger charge is 2.22. The average molecular weight is 536 g/mol. The van der Waals surface area contributed by atoms with E-state index in [4.69, 9.17) is 0 Å². The zero-order valence-corrected chi connectivity index (χ0v) is 26.6. The van der Waals surface area contributed by atoms with Gasteiger partial charge in [-0.15, -0.1) is 0 Å². The molecule has 0 aliphatic rings. The lowest BCUT2D eigenvalue weighted by atomic mass is 9.90. The van der Waals surface area contributed by atoms with E-state index in [9.17, 15) is 9.59 Å². The van der Waals surface area contributed by atoms with Gasteiger partial charge in [-0.2, -0.15) is 0 Å². The molecule has 0 bridgehead atoms. The minimum atomic E-state index is -0.146. The lowest BCUT2D eigenvalue weighted by Crippen LogP contribution is -2.33. The maximum atomic E-state index is 12.8. The first kappa shape index (κ1) is 37.1. The zero-order chi connectivity index (χ0) is 28.1. The van der Waals surface area contributed by atoms with Gasteiger partial charge in [0, 0.05) is 25.3 Å². The Kier molecular flexibility index (Phi) is 28.5. The first-order valence-electron chi connectivity index (χ1n) is 17.3. The summed E-state index contributed by atoms with van der Waals surface area (Å²) in [5.41, 5.74) is 0. The minimum Gasteiger partial charge on any atom is -0.356 e. The number of rotatable bonds is 30. The Balaban J connectivity index is 3.81. The van der Waals surface area contributed by atoms with Gasteiger partial charge < -0.3 is 5.32 Å². The van der Waals surface area contributed by atoms with Gasteiger partial charge in [0.15, 0.2) is 0 Å². The molecule has 38 heavy (non-hydrogen) atoms. The van der Waals surface area contributed by atoms with E-state index in [1.807, 2.05) is 0 Å². The molecule has 0 radical (unpaired) electrons. The molecule has 0 aliphatic carbocycles. The van der Waals surface area contributed by atoms with Crippen molar-refractivity contribution in [1.29, 1.82) is 0 Å². The smallest absolute Gasteiger partial charge is 0.223 e. The summed E-state index contributed by atoms with van der Waals surface area (Å²) in [6, 6.07) is 0. The monoisotopic (exact) mass is 536 g/mol. The van der Waals surface area contributed by atoms with Crippen LogP contribution in [0.1, 0.15) is 195 Å². The lowest BCUT2D eigenvalue weighted by molar-refractivity contribution is -0.130. The van der Waals surface area contributed by atoms with Crippen LogP contribution in [0.2, 0.25) is 0 Å². The van der Waals surface area contributed by atoms with Gasteiger partial charge >= 0.3 is 0 Å². The van der Waals surface area contributed by atoms with Gasteiger partial charge in [-0.05, 0) is 25.2 Å². The molecule has 0 heterocycles. The maximum Gasteiger partial charge on any atom is 0.223 e. The average Bonchev–Trinajstić information content (AvgIpc) is 2.89.